The summed E-state index contributed by atoms with van der Waals surface area (Å²) >= 11 is 7.55. The van der Waals surface area contributed by atoms with Crippen molar-refractivity contribution >= 4 is 40.4 Å². The Morgan fingerprint density at radius 3 is 2.63 bits per heavy atom. The number of hydrogen-bond acceptors (Lipinski definition) is 5. The van der Waals surface area contributed by atoms with Crippen molar-refractivity contribution in [3.63, 3.8) is 0 Å². The van der Waals surface area contributed by atoms with Gasteiger partial charge in [-0.25, -0.2) is 0 Å². The Morgan fingerprint density at radius 2 is 1.94 bits per heavy atom. The first-order valence-electron chi connectivity index (χ1n) is 12.8. The normalized spacial score (nSPS) is 26.9. The maximum absolute atomic E-state index is 13.3. The Morgan fingerprint density at radius 1 is 1.23 bits per heavy atom. The van der Waals surface area contributed by atoms with Crippen LogP contribution < -0.4 is 16.0 Å². The smallest absolute Gasteiger partial charge is 0.262 e. The molecule has 0 spiro atoms. The second-order valence-electron chi connectivity index (χ2n) is 11.4. The van der Waals surface area contributed by atoms with Gasteiger partial charge in [0, 0.05) is 16.6 Å². The first-order valence-corrected chi connectivity index (χ1v) is 13.9. The second-order valence-corrected chi connectivity index (χ2v) is 12.9. The molecular weight excluding hydrogens is 480 g/mol. The molecule has 35 heavy (non-hydrogen) atoms. The zero-order valence-electron chi connectivity index (χ0n) is 20.7. The summed E-state index contributed by atoms with van der Waals surface area (Å²) in [4.78, 5) is 32.4. The van der Waals surface area contributed by atoms with E-state index in [9.17, 15) is 9.59 Å². The zero-order valence-corrected chi connectivity index (χ0v) is 22.3. The Kier molecular flexibility index (Phi) is 6.60. The van der Waals surface area contributed by atoms with Gasteiger partial charge in [0.25, 0.3) is 5.91 Å². The lowest BCUT2D eigenvalue weighted by Crippen LogP contribution is -2.74. The molecule has 8 heteroatoms. The summed E-state index contributed by atoms with van der Waals surface area (Å²) in [7, 11) is 0. The minimum atomic E-state index is -0.478. The van der Waals surface area contributed by atoms with Crippen molar-refractivity contribution in [3.8, 4) is 0 Å². The lowest BCUT2D eigenvalue weighted by atomic mass is 9.40. The number of hydrogen-bond donors (Lipinski definition) is 3. The minimum Gasteiger partial charge on any atom is -0.376 e. The van der Waals surface area contributed by atoms with Crippen molar-refractivity contribution in [1.82, 2.24) is 15.6 Å². The largest absolute Gasteiger partial charge is 0.376 e. The van der Waals surface area contributed by atoms with Crippen molar-refractivity contribution in [2.75, 3.05) is 5.32 Å². The van der Waals surface area contributed by atoms with Crippen LogP contribution in [0.5, 0.6) is 0 Å². The molecule has 2 atom stereocenters. The third kappa shape index (κ3) is 5.21. The van der Waals surface area contributed by atoms with Crippen LogP contribution in [-0.4, -0.2) is 28.4 Å². The number of rotatable bonds is 9. The minimum absolute atomic E-state index is 0.0104. The van der Waals surface area contributed by atoms with Crippen molar-refractivity contribution < 1.29 is 9.59 Å². The summed E-state index contributed by atoms with van der Waals surface area (Å²) in [5.74, 6) is 0.328. The van der Waals surface area contributed by atoms with Gasteiger partial charge in [-0.3, -0.25) is 14.6 Å². The second kappa shape index (κ2) is 9.40. The van der Waals surface area contributed by atoms with E-state index in [1.165, 1.54) is 24.2 Å². The monoisotopic (exact) mass is 514 g/mol. The molecule has 2 amide bonds. The molecule has 188 valence electrons. The highest BCUT2D eigenvalue weighted by Gasteiger charge is 2.65. The van der Waals surface area contributed by atoms with E-state index >= 15 is 0 Å². The third-order valence-corrected chi connectivity index (χ3v) is 9.53. The molecule has 0 radical (unpaired) electrons. The van der Waals surface area contributed by atoms with Gasteiger partial charge in [0.1, 0.15) is 6.04 Å². The summed E-state index contributed by atoms with van der Waals surface area (Å²) in [6, 6.07) is 5.19. The average molecular weight is 515 g/mol. The molecule has 2 bridgehead atoms. The number of anilines is 1. The maximum atomic E-state index is 13.3. The van der Waals surface area contributed by atoms with Crippen molar-refractivity contribution in [1.29, 1.82) is 0 Å². The predicted octanol–water partition coefficient (Wildman–Crippen LogP) is 6.02. The van der Waals surface area contributed by atoms with Gasteiger partial charge >= 0.3 is 0 Å². The molecule has 4 fully saturated rings. The lowest BCUT2D eigenvalue weighted by Gasteiger charge is -2.69. The highest BCUT2D eigenvalue weighted by atomic mass is 35.5. The Labute approximate surface area is 216 Å². The quantitative estimate of drug-likeness (QED) is 0.382. The van der Waals surface area contributed by atoms with Crippen LogP contribution in [0.4, 0.5) is 5.69 Å². The van der Waals surface area contributed by atoms with E-state index in [0.717, 1.165) is 54.8 Å². The number of halogens is 1. The summed E-state index contributed by atoms with van der Waals surface area (Å²) in [6.07, 6.45) is 10.3. The van der Waals surface area contributed by atoms with Crippen LogP contribution in [0.25, 0.3) is 0 Å². The highest BCUT2D eigenvalue weighted by Crippen LogP contribution is 2.66. The van der Waals surface area contributed by atoms with E-state index in [1.54, 1.807) is 6.20 Å². The van der Waals surface area contributed by atoms with Crippen LogP contribution in [0.1, 0.15) is 91.5 Å². The van der Waals surface area contributed by atoms with Gasteiger partial charge in [0.2, 0.25) is 5.91 Å². The van der Waals surface area contributed by atoms with Gasteiger partial charge in [-0.05, 0) is 69.1 Å². The number of amides is 2. The molecular formula is C27H35ClN4O2S. The molecule has 2 aromatic rings. The van der Waals surface area contributed by atoms with Crippen LogP contribution in [0.3, 0.4) is 0 Å². The van der Waals surface area contributed by atoms with E-state index in [0.29, 0.717) is 21.2 Å². The summed E-state index contributed by atoms with van der Waals surface area (Å²) < 4.78 is 0. The summed E-state index contributed by atoms with van der Waals surface area (Å²) in [5, 5.41) is 10.4. The van der Waals surface area contributed by atoms with E-state index in [2.05, 4.69) is 34.8 Å². The fourth-order valence-electron chi connectivity index (χ4n) is 6.48. The fraction of sp³-hybridized carbons (Fsp3) is 0.593. The van der Waals surface area contributed by atoms with E-state index < -0.39 is 6.04 Å². The fourth-order valence-corrected chi connectivity index (χ4v) is 7.55. The molecule has 2 unspecified atom stereocenters. The van der Waals surface area contributed by atoms with E-state index in [1.807, 2.05) is 25.1 Å². The van der Waals surface area contributed by atoms with Gasteiger partial charge < -0.3 is 16.0 Å². The number of aryl methyl sites for hydroxylation is 1. The number of aromatic nitrogens is 1. The van der Waals surface area contributed by atoms with Gasteiger partial charge in [-0.1, -0.05) is 44.2 Å². The number of nitrogens with zero attached hydrogens (tertiary/aromatic N) is 1. The molecule has 4 aliphatic carbocycles. The van der Waals surface area contributed by atoms with E-state index in [-0.39, 0.29) is 23.4 Å². The molecule has 0 saturated heterocycles. The van der Waals surface area contributed by atoms with Gasteiger partial charge in [-0.2, -0.15) is 0 Å². The first-order chi connectivity index (χ1) is 16.6. The molecule has 2 heterocycles. The maximum Gasteiger partial charge on any atom is 0.262 e. The molecule has 0 aromatic carbocycles. The summed E-state index contributed by atoms with van der Waals surface area (Å²) in [5.41, 5.74) is 2.15. The molecule has 3 N–H and O–H groups in total. The van der Waals surface area contributed by atoms with Crippen LogP contribution >= 0.6 is 22.9 Å². The Hall–Kier alpha value is -2.12. The Balaban J connectivity index is 1.23. The third-order valence-electron chi connectivity index (χ3n) is 8.05. The van der Waals surface area contributed by atoms with E-state index in [4.69, 9.17) is 11.6 Å². The van der Waals surface area contributed by atoms with Crippen molar-refractivity contribution in [2.45, 2.75) is 89.8 Å². The SMILES string of the molecule is Cc1ncc(Cl)cc1NC(C)c1ccc(C(=O)NC(CC2CCCC2)C(=O)NC23CC(C)(C2)C3)s1. The average Bonchev–Trinajstić information content (AvgIpc) is 3.46. The topological polar surface area (TPSA) is 83.1 Å². The van der Waals surface area contributed by atoms with Gasteiger partial charge in [0.15, 0.2) is 0 Å². The molecule has 2 aromatic heterocycles. The molecule has 0 aliphatic heterocycles. The molecule has 4 saturated carbocycles. The molecule has 4 aliphatic rings. The van der Waals surface area contributed by atoms with Gasteiger partial charge in [0.05, 0.1) is 27.3 Å². The summed E-state index contributed by atoms with van der Waals surface area (Å²) in [6.45, 7) is 6.27. The Bertz CT molecular complexity index is 1110. The first kappa shape index (κ1) is 24.6. The van der Waals surface area contributed by atoms with Gasteiger partial charge in [-0.15, -0.1) is 11.3 Å². The highest BCUT2D eigenvalue weighted by molar-refractivity contribution is 7.14. The predicted molar refractivity (Wildman–Crippen MR) is 141 cm³/mol. The number of carbonyl (C=O) groups is 2. The zero-order chi connectivity index (χ0) is 24.8. The number of pyridine rings is 1. The standard InChI is InChI=1S/C27H35ClN4O2S/c1-16-20(11-19(28)12-29-16)30-17(2)22-8-9-23(35-22)25(34)31-21(10-18-6-4-5-7-18)24(33)32-27-13-26(3,14-27)15-27/h8-9,11-12,17-18,21,30H,4-7,10,13-15H2,1-3H3,(H,31,34)(H,32,33). The molecule has 6 nitrogen and oxygen atoms in total. The van der Waals surface area contributed by atoms with Crippen LogP contribution in [0, 0.1) is 18.3 Å². The van der Waals surface area contributed by atoms with Crippen molar-refractivity contribution in [2.24, 2.45) is 11.3 Å². The van der Waals surface area contributed by atoms with Crippen molar-refractivity contribution in [3.05, 3.63) is 44.9 Å². The van der Waals surface area contributed by atoms with Crippen LogP contribution in [-0.2, 0) is 4.79 Å². The van der Waals surface area contributed by atoms with Crippen LogP contribution in [0.15, 0.2) is 24.4 Å². The number of thiophene rings is 1. The number of nitrogens with one attached hydrogen (secondary N) is 3. The van der Waals surface area contributed by atoms with Crippen LogP contribution in [0.2, 0.25) is 5.02 Å². The lowest BCUT2D eigenvalue weighted by molar-refractivity contribution is -0.158. The molecule has 6 rings (SSSR count). The number of carbonyl (C=O) groups excluding carboxylic acids is 2.